The van der Waals surface area contributed by atoms with Gasteiger partial charge in [0.2, 0.25) is 5.91 Å². The number of hydrogen-bond acceptors (Lipinski definition) is 2. The third kappa shape index (κ3) is 2.72. The lowest BCUT2D eigenvalue weighted by Gasteiger charge is -2.25. The van der Waals surface area contributed by atoms with E-state index in [4.69, 9.17) is 5.11 Å². The second kappa shape index (κ2) is 4.44. The summed E-state index contributed by atoms with van der Waals surface area (Å²) >= 11 is 0. The zero-order chi connectivity index (χ0) is 10.7. The Bertz CT molecular complexity index is 238. The smallest absolute Gasteiger partial charge is 0.303 e. The van der Waals surface area contributed by atoms with Crippen LogP contribution >= 0.6 is 0 Å². The van der Waals surface area contributed by atoms with Crippen molar-refractivity contribution in [2.75, 3.05) is 0 Å². The molecule has 80 valence electrons. The zero-order valence-electron chi connectivity index (χ0n) is 8.62. The molecular formula is C10H17NO3. The standard InChI is InChI=1S/C10H17NO3/c1-6(2)7(5-10(13)14)8-3-4-9(12)11-8/h6-8H,3-5H2,1-2H3,(H,11,12)(H,13,14). The summed E-state index contributed by atoms with van der Waals surface area (Å²) in [5.74, 6) is -0.399. The number of hydrogen-bond donors (Lipinski definition) is 2. The van der Waals surface area contributed by atoms with Crippen molar-refractivity contribution in [3.63, 3.8) is 0 Å². The molecule has 14 heavy (non-hydrogen) atoms. The van der Waals surface area contributed by atoms with Gasteiger partial charge in [-0.2, -0.15) is 0 Å². The van der Waals surface area contributed by atoms with Crippen molar-refractivity contribution in [1.29, 1.82) is 0 Å². The van der Waals surface area contributed by atoms with Crippen molar-refractivity contribution >= 4 is 11.9 Å². The molecule has 2 unspecified atom stereocenters. The Morgan fingerprint density at radius 1 is 1.64 bits per heavy atom. The first-order chi connectivity index (χ1) is 6.50. The summed E-state index contributed by atoms with van der Waals surface area (Å²) in [5.41, 5.74) is 0. The molecule has 4 heteroatoms. The van der Waals surface area contributed by atoms with Crippen molar-refractivity contribution in [3.05, 3.63) is 0 Å². The summed E-state index contributed by atoms with van der Waals surface area (Å²) in [6.45, 7) is 4.00. The molecule has 1 rings (SSSR count). The molecule has 0 aromatic rings. The molecule has 4 nitrogen and oxygen atoms in total. The number of aliphatic carboxylic acids is 1. The van der Waals surface area contributed by atoms with Gasteiger partial charge in [-0.05, 0) is 18.3 Å². The van der Waals surface area contributed by atoms with E-state index in [-0.39, 0.29) is 30.2 Å². The lowest BCUT2D eigenvalue weighted by molar-refractivity contribution is -0.139. The predicted molar refractivity (Wildman–Crippen MR) is 51.7 cm³/mol. The number of carboxylic acid groups (broad SMARTS) is 1. The molecular weight excluding hydrogens is 182 g/mol. The van der Waals surface area contributed by atoms with Gasteiger partial charge in [0.05, 0.1) is 6.42 Å². The second-order valence-corrected chi connectivity index (χ2v) is 4.22. The fourth-order valence-electron chi connectivity index (χ4n) is 2.00. The average molecular weight is 199 g/mol. The monoisotopic (exact) mass is 199 g/mol. The number of amides is 1. The Morgan fingerprint density at radius 2 is 2.29 bits per heavy atom. The normalized spacial score (nSPS) is 23.6. The Kier molecular flexibility index (Phi) is 3.49. The van der Waals surface area contributed by atoms with E-state index in [0.29, 0.717) is 6.42 Å². The number of carboxylic acids is 1. The molecule has 1 fully saturated rings. The first kappa shape index (κ1) is 11.0. The molecule has 1 aliphatic heterocycles. The first-order valence-electron chi connectivity index (χ1n) is 5.02. The van der Waals surface area contributed by atoms with Crippen LogP contribution in [0.1, 0.15) is 33.1 Å². The quantitative estimate of drug-likeness (QED) is 0.710. The second-order valence-electron chi connectivity index (χ2n) is 4.22. The number of nitrogens with one attached hydrogen (secondary N) is 1. The molecule has 0 aromatic carbocycles. The molecule has 2 N–H and O–H groups in total. The lowest BCUT2D eigenvalue weighted by Crippen LogP contribution is -2.36. The van der Waals surface area contributed by atoms with Crippen LogP contribution in [0.3, 0.4) is 0 Å². The predicted octanol–water partition coefficient (Wildman–Crippen LogP) is 1.01. The van der Waals surface area contributed by atoms with Gasteiger partial charge in [-0.3, -0.25) is 9.59 Å². The van der Waals surface area contributed by atoms with E-state index in [1.54, 1.807) is 0 Å². The Balaban J connectivity index is 2.58. The maximum Gasteiger partial charge on any atom is 0.303 e. The minimum absolute atomic E-state index is 0.0473. The lowest BCUT2D eigenvalue weighted by atomic mass is 9.85. The molecule has 1 amide bonds. The Labute approximate surface area is 83.7 Å². The Morgan fingerprint density at radius 3 is 2.64 bits per heavy atom. The molecule has 1 saturated heterocycles. The molecule has 1 aliphatic rings. The summed E-state index contributed by atoms with van der Waals surface area (Å²) in [5, 5.41) is 11.6. The molecule has 1 heterocycles. The molecule has 0 aliphatic carbocycles. The Hall–Kier alpha value is -1.06. The van der Waals surface area contributed by atoms with Gasteiger partial charge < -0.3 is 10.4 Å². The number of rotatable bonds is 4. The van der Waals surface area contributed by atoms with Crippen LogP contribution in [0.4, 0.5) is 0 Å². The SMILES string of the molecule is CC(C)C(CC(=O)O)C1CCC(=O)N1. The van der Waals surface area contributed by atoms with E-state index in [2.05, 4.69) is 5.32 Å². The van der Waals surface area contributed by atoms with Crippen LogP contribution in [0, 0.1) is 11.8 Å². The summed E-state index contributed by atoms with van der Waals surface area (Å²) in [6.07, 6.45) is 1.45. The zero-order valence-corrected chi connectivity index (χ0v) is 8.62. The summed E-state index contributed by atoms with van der Waals surface area (Å²) in [7, 11) is 0. The van der Waals surface area contributed by atoms with Crippen LogP contribution in [0.15, 0.2) is 0 Å². The summed E-state index contributed by atoms with van der Waals surface area (Å²) < 4.78 is 0. The third-order valence-corrected chi connectivity index (χ3v) is 2.81. The van der Waals surface area contributed by atoms with E-state index in [9.17, 15) is 9.59 Å². The van der Waals surface area contributed by atoms with Crippen LogP contribution in [0.25, 0.3) is 0 Å². The third-order valence-electron chi connectivity index (χ3n) is 2.81. The van der Waals surface area contributed by atoms with E-state index in [1.807, 2.05) is 13.8 Å². The maximum atomic E-state index is 11.0. The topological polar surface area (TPSA) is 66.4 Å². The van der Waals surface area contributed by atoms with Gasteiger partial charge in [0.1, 0.15) is 0 Å². The highest BCUT2D eigenvalue weighted by atomic mass is 16.4. The molecule has 0 radical (unpaired) electrons. The number of carbonyl (C=O) groups excluding carboxylic acids is 1. The average Bonchev–Trinajstić information content (AvgIpc) is 2.46. The van der Waals surface area contributed by atoms with E-state index in [0.717, 1.165) is 6.42 Å². The van der Waals surface area contributed by atoms with Gasteiger partial charge >= 0.3 is 5.97 Å². The molecule has 0 spiro atoms. The summed E-state index contributed by atoms with van der Waals surface area (Å²) in [4.78, 5) is 21.6. The van der Waals surface area contributed by atoms with Crippen molar-refractivity contribution < 1.29 is 14.7 Å². The van der Waals surface area contributed by atoms with Crippen molar-refractivity contribution in [3.8, 4) is 0 Å². The van der Waals surface area contributed by atoms with Gasteiger partial charge in [-0.25, -0.2) is 0 Å². The highest BCUT2D eigenvalue weighted by Gasteiger charge is 2.31. The van der Waals surface area contributed by atoms with Gasteiger partial charge in [0, 0.05) is 12.5 Å². The van der Waals surface area contributed by atoms with Gasteiger partial charge in [-0.15, -0.1) is 0 Å². The van der Waals surface area contributed by atoms with E-state index in [1.165, 1.54) is 0 Å². The maximum absolute atomic E-state index is 11.0. The van der Waals surface area contributed by atoms with Gasteiger partial charge in [0.15, 0.2) is 0 Å². The first-order valence-corrected chi connectivity index (χ1v) is 5.02. The summed E-state index contributed by atoms with van der Waals surface area (Å²) in [6, 6.07) is 0.0543. The largest absolute Gasteiger partial charge is 0.481 e. The molecule has 0 aromatic heterocycles. The fraction of sp³-hybridized carbons (Fsp3) is 0.800. The van der Waals surface area contributed by atoms with Crippen molar-refractivity contribution in [2.45, 2.75) is 39.2 Å². The van der Waals surface area contributed by atoms with Crippen LogP contribution in [-0.4, -0.2) is 23.0 Å². The minimum Gasteiger partial charge on any atom is -0.481 e. The highest BCUT2D eigenvalue weighted by Crippen LogP contribution is 2.25. The minimum atomic E-state index is -0.787. The fourth-order valence-corrected chi connectivity index (χ4v) is 2.00. The van der Waals surface area contributed by atoms with Gasteiger partial charge in [0.25, 0.3) is 0 Å². The van der Waals surface area contributed by atoms with E-state index < -0.39 is 5.97 Å². The van der Waals surface area contributed by atoms with Crippen LogP contribution in [-0.2, 0) is 9.59 Å². The van der Waals surface area contributed by atoms with Crippen molar-refractivity contribution in [1.82, 2.24) is 5.32 Å². The van der Waals surface area contributed by atoms with E-state index >= 15 is 0 Å². The molecule has 0 bridgehead atoms. The van der Waals surface area contributed by atoms with Crippen molar-refractivity contribution in [2.24, 2.45) is 11.8 Å². The van der Waals surface area contributed by atoms with Crippen LogP contribution in [0.5, 0.6) is 0 Å². The molecule has 0 saturated carbocycles. The molecule has 2 atom stereocenters. The van der Waals surface area contributed by atoms with Crippen LogP contribution in [0.2, 0.25) is 0 Å². The highest BCUT2D eigenvalue weighted by molar-refractivity contribution is 5.78. The number of carbonyl (C=O) groups is 2. The van der Waals surface area contributed by atoms with Gasteiger partial charge in [-0.1, -0.05) is 13.8 Å². The van der Waals surface area contributed by atoms with Crippen LogP contribution < -0.4 is 5.32 Å².